The molecule has 1 aliphatic carbocycles. The van der Waals surface area contributed by atoms with Crippen LogP contribution in [0.1, 0.15) is 71.1 Å². The molecule has 3 fully saturated rings. The number of thiazole rings is 1. The number of likely N-dealkylation sites (tertiary alicyclic amines) is 1. The van der Waals surface area contributed by atoms with E-state index in [1.54, 1.807) is 17.4 Å². The van der Waals surface area contributed by atoms with Crippen molar-refractivity contribution < 1.29 is 14.7 Å². The number of benzene rings is 1. The number of hydrogen-bond donors (Lipinski definition) is 4. The summed E-state index contributed by atoms with van der Waals surface area (Å²) in [6.45, 7) is 2.85. The highest BCUT2D eigenvalue weighted by Gasteiger charge is 2.35. The predicted octanol–water partition coefficient (Wildman–Crippen LogP) is 4.79. The van der Waals surface area contributed by atoms with Crippen molar-refractivity contribution in [1.82, 2.24) is 20.5 Å². The van der Waals surface area contributed by atoms with E-state index >= 15 is 0 Å². The van der Waals surface area contributed by atoms with Crippen LogP contribution in [0.25, 0.3) is 10.4 Å². The molecule has 10 heteroatoms. The Balaban J connectivity index is 0.966. The maximum absolute atomic E-state index is 13.0. The number of amides is 2. The molecule has 212 valence electrons. The number of carbonyl (C=O) groups is 2. The lowest BCUT2D eigenvalue weighted by molar-refractivity contribution is -0.117. The topological polar surface area (TPSA) is 107 Å². The second-order valence-corrected chi connectivity index (χ2v) is 13.4. The van der Waals surface area contributed by atoms with Crippen LogP contribution < -0.4 is 16.0 Å². The van der Waals surface area contributed by atoms with Crippen molar-refractivity contribution in [3.8, 4) is 10.4 Å². The molecular formula is C30H37N5O3S2. The van der Waals surface area contributed by atoms with Gasteiger partial charge in [0, 0.05) is 31.7 Å². The number of aromatic nitrogens is 1. The summed E-state index contributed by atoms with van der Waals surface area (Å²) in [5.74, 6) is 0.893. The molecule has 0 radical (unpaired) electrons. The molecule has 8 nitrogen and oxygen atoms in total. The zero-order valence-corrected chi connectivity index (χ0v) is 24.2. The van der Waals surface area contributed by atoms with Crippen LogP contribution in [0.15, 0.2) is 42.6 Å². The van der Waals surface area contributed by atoms with Crippen LogP contribution in [-0.4, -0.2) is 58.7 Å². The van der Waals surface area contributed by atoms with E-state index in [1.807, 2.05) is 17.2 Å². The highest BCUT2D eigenvalue weighted by Crippen LogP contribution is 2.36. The average Bonchev–Trinajstić information content (AvgIpc) is 3.75. The number of nitrogens with one attached hydrogen (secondary N) is 3. The van der Waals surface area contributed by atoms with E-state index in [0.29, 0.717) is 35.4 Å². The van der Waals surface area contributed by atoms with Crippen molar-refractivity contribution in [2.75, 3.05) is 25.0 Å². The summed E-state index contributed by atoms with van der Waals surface area (Å²) in [4.78, 5) is 33.6. The van der Waals surface area contributed by atoms with Crippen LogP contribution >= 0.6 is 22.7 Å². The number of carbonyl (C=O) groups excluding carboxylic acids is 2. The molecule has 0 spiro atoms. The Kier molecular flexibility index (Phi) is 8.59. The van der Waals surface area contributed by atoms with Crippen molar-refractivity contribution in [2.24, 2.45) is 5.92 Å². The molecule has 4 N–H and O–H groups in total. The van der Waals surface area contributed by atoms with Gasteiger partial charge in [-0.05, 0) is 55.0 Å². The van der Waals surface area contributed by atoms with Crippen molar-refractivity contribution in [1.29, 1.82) is 0 Å². The van der Waals surface area contributed by atoms with Gasteiger partial charge >= 0.3 is 0 Å². The first kappa shape index (κ1) is 27.5. The summed E-state index contributed by atoms with van der Waals surface area (Å²) in [5, 5.41) is 21.5. The number of anilines is 1. The fourth-order valence-electron chi connectivity index (χ4n) is 5.87. The number of rotatable bonds is 10. The van der Waals surface area contributed by atoms with Crippen LogP contribution in [0.2, 0.25) is 0 Å². The molecule has 6 rings (SSSR count). The molecule has 2 aromatic heterocycles. The minimum Gasteiger partial charge on any atom is -0.379 e. The number of aliphatic hydroxyl groups excluding tert-OH is 1. The second kappa shape index (κ2) is 12.5. The Bertz CT molecular complexity index is 1300. The van der Waals surface area contributed by atoms with Gasteiger partial charge in [-0.2, -0.15) is 0 Å². The third kappa shape index (κ3) is 6.47. The van der Waals surface area contributed by atoms with E-state index in [-0.39, 0.29) is 23.8 Å². The minimum atomic E-state index is -0.442. The zero-order chi connectivity index (χ0) is 27.5. The fraction of sp³-hybridized carbons (Fsp3) is 0.500. The van der Waals surface area contributed by atoms with E-state index in [9.17, 15) is 14.7 Å². The summed E-state index contributed by atoms with van der Waals surface area (Å²) >= 11 is 3.02. The maximum atomic E-state index is 13.0. The predicted molar refractivity (Wildman–Crippen MR) is 160 cm³/mol. The van der Waals surface area contributed by atoms with E-state index in [0.717, 1.165) is 46.8 Å². The SMILES string of the molecule is O=C(Nc1ccc(C(=O)N2CC(c3ncc(-c4ccc(CNC(O)CC5CCCC5)cc4)s3)C2)s1)[C@@H]1CCCN1. The van der Waals surface area contributed by atoms with Crippen LogP contribution in [0.3, 0.4) is 0 Å². The molecular weight excluding hydrogens is 542 g/mol. The van der Waals surface area contributed by atoms with Gasteiger partial charge in [0.2, 0.25) is 5.91 Å². The summed E-state index contributed by atoms with van der Waals surface area (Å²) in [5.41, 5.74) is 2.28. The van der Waals surface area contributed by atoms with Crippen molar-refractivity contribution in [2.45, 2.75) is 69.7 Å². The number of nitrogens with zero attached hydrogens (tertiary/aromatic N) is 2. The van der Waals surface area contributed by atoms with Crippen molar-refractivity contribution in [3.63, 3.8) is 0 Å². The van der Waals surface area contributed by atoms with Gasteiger partial charge in [-0.15, -0.1) is 22.7 Å². The number of aliphatic hydroxyl groups is 1. The Labute approximate surface area is 243 Å². The minimum absolute atomic E-state index is 0.00933. The summed E-state index contributed by atoms with van der Waals surface area (Å²) in [7, 11) is 0. The molecule has 1 aromatic carbocycles. The molecule has 2 atom stereocenters. The third-order valence-electron chi connectivity index (χ3n) is 8.29. The first-order valence-corrected chi connectivity index (χ1v) is 16.0. The second-order valence-electron chi connectivity index (χ2n) is 11.3. The maximum Gasteiger partial charge on any atom is 0.264 e. The van der Waals surface area contributed by atoms with E-state index in [2.05, 4.69) is 45.2 Å². The standard InChI is InChI=1S/C30H37N5O3S2/c36-26(14-19-4-1-2-5-19)32-15-20-7-9-21(10-8-20)25-16-33-29(40-25)22-17-35(18-22)30(38)24-11-12-27(39-24)34-28(37)23-6-3-13-31-23/h7-12,16,19,22-23,26,31-32,36H,1-6,13-15,17-18H2,(H,34,37)/t23-,26?/m0/s1. The number of hydrogen-bond acceptors (Lipinski definition) is 8. The molecule has 2 aliphatic heterocycles. The van der Waals surface area contributed by atoms with Gasteiger partial charge in [0.15, 0.2) is 0 Å². The molecule has 40 heavy (non-hydrogen) atoms. The molecule has 1 saturated carbocycles. The van der Waals surface area contributed by atoms with Crippen LogP contribution in [0, 0.1) is 5.92 Å². The molecule has 3 aliphatic rings. The molecule has 2 amide bonds. The normalized spacial score (nSPS) is 20.5. The van der Waals surface area contributed by atoms with Gasteiger partial charge in [-0.3, -0.25) is 14.9 Å². The van der Waals surface area contributed by atoms with Crippen LogP contribution in [-0.2, 0) is 11.3 Å². The summed E-state index contributed by atoms with van der Waals surface area (Å²) in [6.07, 6.45) is 9.28. The van der Waals surface area contributed by atoms with E-state index in [4.69, 9.17) is 0 Å². The van der Waals surface area contributed by atoms with Crippen LogP contribution in [0.4, 0.5) is 5.00 Å². The van der Waals surface area contributed by atoms with Gasteiger partial charge in [0.05, 0.1) is 25.8 Å². The van der Waals surface area contributed by atoms with Gasteiger partial charge < -0.3 is 20.6 Å². The molecule has 0 bridgehead atoms. The van der Waals surface area contributed by atoms with Crippen LogP contribution in [0.5, 0.6) is 0 Å². The van der Waals surface area contributed by atoms with Gasteiger partial charge in [0.1, 0.15) is 6.23 Å². The highest BCUT2D eigenvalue weighted by molar-refractivity contribution is 7.18. The Morgan fingerprint density at radius 2 is 1.85 bits per heavy atom. The Morgan fingerprint density at radius 3 is 2.60 bits per heavy atom. The lowest BCUT2D eigenvalue weighted by Gasteiger charge is -2.37. The van der Waals surface area contributed by atoms with E-state index < -0.39 is 6.23 Å². The Morgan fingerprint density at radius 1 is 1.05 bits per heavy atom. The third-order valence-corrected chi connectivity index (χ3v) is 10.5. The van der Waals surface area contributed by atoms with Gasteiger partial charge in [0.25, 0.3) is 5.91 Å². The smallest absolute Gasteiger partial charge is 0.264 e. The summed E-state index contributed by atoms with van der Waals surface area (Å²) in [6, 6.07) is 11.9. The van der Waals surface area contributed by atoms with Crippen molar-refractivity contribution in [3.05, 3.63) is 58.0 Å². The zero-order valence-electron chi connectivity index (χ0n) is 22.6. The molecule has 4 heterocycles. The lowest BCUT2D eigenvalue weighted by Crippen LogP contribution is -2.48. The molecule has 3 aromatic rings. The summed E-state index contributed by atoms with van der Waals surface area (Å²) < 4.78 is 0. The molecule has 2 saturated heterocycles. The van der Waals surface area contributed by atoms with Gasteiger partial charge in [-0.1, -0.05) is 49.9 Å². The lowest BCUT2D eigenvalue weighted by atomic mass is 10.0. The van der Waals surface area contributed by atoms with E-state index in [1.165, 1.54) is 37.0 Å². The quantitative estimate of drug-likeness (QED) is 0.258. The first-order chi connectivity index (χ1) is 19.5. The first-order valence-electron chi connectivity index (χ1n) is 14.4. The highest BCUT2D eigenvalue weighted by atomic mass is 32.1. The van der Waals surface area contributed by atoms with Crippen molar-refractivity contribution >= 4 is 39.5 Å². The largest absolute Gasteiger partial charge is 0.379 e. The monoisotopic (exact) mass is 579 g/mol. The Hall–Kier alpha value is -2.63. The average molecular weight is 580 g/mol. The number of thiophene rings is 1. The fourth-order valence-corrected chi connectivity index (χ4v) is 7.75. The molecule has 1 unspecified atom stereocenters. The van der Waals surface area contributed by atoms with Gasteiger partial charge in [-0.25, -0.2) is 4.98 Å².